The summed E-state index contributed by atoms with van der Waals surface area (Å²) >= 11 is 6.13. The molecule has 90 valence electrons. The van der Waals surface area contributed by atoms with Crippen molar-refractivity contribution in [3.63, 3.8) is 0 Å². The Hall–Kier alpha value is -0.530. The quantitative estimate of drug-likeness (QED) is 0.794. The van der Waals surface area contributed by atoms with Crippen LogP contribution in [0, 0.1) is 5.92 Å². The zero-order valence-electron chi connectivity index (χ0n) is 10.5. The van der Waals surface area contributed by atoms with Crippen LogP contribution in [0.4, 0.5) is 0 Å². The minimum atomic E-state index is 0.485. The minimum Gasteiger partial charge on any atom is -0.314 e. The van der Waals surface area contributed by atoms with E-state index in [1.165, 1.54) is 12.0 Å². The third kappa shape index (κ3) is 5.00. The van der Waals surface area contributed by atoms with E-state index in [-0.39, 0.29) is 0 Å². The van der Waals surface area contributed by atoms with Crippen molar-refractivity contribution < 1.29 is 0 Å². The predicted octanol–water partition coefficient (Wildman–Crippen LogP) is 3.91. The Labute approximate surface area is 104 Å². The molecule has 1 N–H and O–H groups in total. The standard InChI is InChI=1S/C14H22ClN/c1-11(2)8-9-16-12(3)10-13-6-4-5-7-14(13)15/h4-7,11-12,16H,8-10H2,1-3H3. The van der Waals surface area contributed by atoms with E-state index >= 15 is 0 Å². The van der Waals surface area contributed by atoms with Gasteiger partial charge in [-0.15, -0.1) is 0 Å². The largest absolute Gasteiger partial charge is 0.314 e. The normalized spacial score (nSPS) is 13.1. The molecular weight excluding hydrogens is 218 g/mol. The van der Waals surface area contributed by atoms with Crippen LogP contribution in [0.2, 0.25) is 5.02 Å². The minimum absolute atomic E-state index is 0.485. The molecule has 0 saturated heterocycles. The first-order valence-electron chi connectivity index (χ1n) is 6.06. The highest BCUT2D eigenvalue weighted by Gasteiger charge is 2.05. The second-order valence-corrected chi connectivity index (χ2v) is 5.24. The van der Waals surface area contributed by atoms with E-state index in [0.29, 0.717) is 6.04 Å². The Morgan fingerprint density at radius 3 is 2.50 bits per heavy atom. The van der Waals surface area contributed by atoms with Crippen LogP contribution in [0.25, 0.3) is 0 Å². The van der Waals surface area contributed by atoms with Gasteiger partial charge in [-0.05, 0) is 43.9 Å². The van der Waals surface area contributed by atoms with E-state index in [9.17, 15) is 0 Å². The molecule has 0 fully saturated rings. The Morgan fingerprint density at radius 2 is 1.88 bits per heavy atom. The highest BCUT2D eigenvalue weighted by atomic mass is 35.5. The Balaban J connectivity index is 2.34. The van der Waals surface area contributed by atoms with Crippen LogP contribution in [0.1, 0.15) is 32.8 Å². The fraction of sp³-hybridized carbons (Fsp3) is 0.571. The van der Waals surface area contributed by atoms with E-state index < -0.39 is 0 Å². The van der Waals surface area contributed by atoms with Gasteiger partial charge in [-0.3, -0.25) is 0 Å². The maximum Gasteiger partial charge on any atom is 0.0438 e. The van der Waals surface area contributed by atoms with Crippen molar-refractivity contribution in [3.05, 3.63) is 34.9 Å². The van der Waals surface area contributed by atoms with E-state index in [1.54, 1.807) is 0 Å². The van der Waals surface area contributed by atoms with Gasteiger partial charge < -0.3 is 5.32 Å². The van der Waals surface area contributed by atoms with Gasteiger partial charge in [-0.25, -0.2) is 0 Å². The summed E-state index contributed by atoms with van der Waals surface area (Å²) in [7, 11) is 0. The highest BCUT2D eigenvalue weighted by Crippen LogP contribution is 2.16. The number of nitrogens with one attached hydrogen (secondary N) is 1. The van der Waals surface area contributed by atoms with E-state index in [0.717, 1.165) is 23.9 Å². The molecule has 0 aliphatic carbocycles. The summed E-state index contributed by atoms with van der Waals surface area (Å²) in [6.45, 7) is 7.80. The number of rotatable bonds is 6. The summed E-state index contributed by atoms with van der Waals surface area (Å²) in [5.74, 6) is 0.764. The molecule has 0 aromatic heterocycles. The number of halogens is 1. The van der Waals surface area contributed by atoms with Crippen molar-refractivity contribution in [2.45, 2.75) is 39.7 Å². The maximum atomic E-state index is 6.13. The predicted molar refractivity (Wildman–Crippen MR) is 72.1 cm³/mol. The van der Waals surface area contributed by atoms with Gasteiger partial charge in [0.1, 0.15) is 0 Å². The van der Waals surface area contributed by atoms with Gasteiger partial charge in [0.15, 0.2) is 0 Å². The van der Waals surface area contributed by atoms with Crippen molar-refractivity contribution in [2.24, 2.45) is 5.92 Å². The molecule has 0 heterocycles. The highest BCUT2D eigenvalue weighted by molar-refractivity contribution is 6.31. The molecule has 0 aliphatic heterocycles. The number of hydrogen-bond acceptors (Lipinski definition) is 1. The molecule has 0 radical (unpaired) electrons. The van der Waals surface area contributed by atoms with Crippen LogP contribution in [0.5, 0.6) is 0 Å². The van der Waals surface area contributed by atoms with E-state index in [2.05, 4.69) is 32.2 Å². The third-order valence-corrected chi connectivity index (χ3v) is 3.07. The summed E-state index contributed by atoms with van der Waals surface area (Å²) in [4.78, 5) is 0. The lowest BCUT2D eigenvalue weighted by molar-refractivity contribution is 0.485. The number of benzene rings is 1. The topological polar surface area (TPSA) is 12.0 Å². The third-order valence-electron chi connectivity index (χ3n) is 2.70. The molecule has 1 aromatic rings. The van der Waals surface area contributed by atoms with Gasteiger partial charge in [0.05, 0.1) is 0 Å². The lowest BCUT2D eigenvalue weighted by Crippen LogP contribution is -2.29. The Morgan fingerprint density at radius 1 is 1.19 bits per heavy atom. The molecule has 1 nitrogen and oxygen atoms in total. The monoisotopic (exact) mass is 239 g/mol. The lowest BCUT2D eigenvalue weighted by Gasteiger charge is -2.15. The molecule has 0 bridgehead atoms. The smallest absolute Gasteiger partial charge is 0.0438 e. The molecule has 1 rings (SSSR count). The average molecular weight is 240 g/mol. The molecule has 2 heteroatoms. The Kier molecular flexibility index (Phi) is 5.86. The van der Waals surface area contributed by atoms with Gasteiger partial charge in [-0.2, -0.15) is 0 Å². The second kappa shape index (κ2) is 6.93. The summed E-state index contributed by atoms with van der Waals surface area (Å²) in [6, 6.07) is 8.56. The van der Waals surface area contributed by atoms with Gasteiger partial charge in [0.25, 0.3) is 0 Å². The van der Waals surface area contributed by atoms with Gasteiger partial charge >= 0.3 is 0 Å². The molecule has 16 heavy (non-hydrogen) atoms. The van der Waals surface area contributed by atoms with Crippen molar-refractivity contribution >= 4 is 11.6 Å². The SMILES string of the molecule is CC(C)CCNC(C)Cc1ccccc1Cl. The fourth-order valence-electron chi connectivity index (χ4n) is 1.68. The Bertz CT molecular complexity index is 309. The molecule has 0 saturated carbocycles. The van der Waals surface area contributed by atoms with E-state index in [4.69, 9.17) is 11.6 Å². The van der Waals surface area contributed by atoms with Crippen molar-refractivity contribution in [3.8, 4) is 0 Å². The van der Waals surface area contributed by atoms with Crippen LogP contribution in [-0.2, 0) is 6.42 Å². The molecular formula is C14H22ClN. The fourth-order valence-corrected chi connectivity index (χ4v) is 1.90. The molecule has 0 aliphatic rings. The van der Waals surface area contributed by atoms with Crippen LogP contribution in [0.3, 0.4) is 0 Å². The maximum absolute atomic E-state index is 6.13. The first-order chi connectivity index (χ1) is 7.59. The van der Waals surface area contributed by atoms with Crippen molar-refractivity contribution in [1.29, 1.82) is 0 Å². The molecule has 1 unspecified atom stereocenters. The lowest BCUT2D eigenvalue weighted by atomic mass is 10.1. The zero-order valence-corrected chi connectivity index (χ0v) is 11.2. The van der Waals surface area contributed by atoms with Gasteiger partial charge in [0.2, 0.25) is 0 Å². The van der Waals surface area contributed by atoms with Gasteiger partial charge in [0, 0.05) is 11.1 Å². The first kappa shape index (κ1) is 13.5. The van der Waals surface area contributed by atoms with Crippen LogP contribution in [-0.4, -0.2) is 12.6 Å². The zero-order chi connectivity index (χ0) is 12.0. The van der Waals surface area contributed by atoms with Crippen LogP contribution >= 0.6 is 11.6 Å². The second-order valence-electron chi connectivity index (χ2n) is 4.83. The molecule has 1 aromatic carbocycles. The van der Waals surface area contributed by atoms with Gasteiger partial charge in [-0.1, -0.05) is 43.6 Å². The molecule has 1 atom stereocenters. The van der Waals surface area contributed by atoms with Crippen LogP contribution < -0.4 is 5.32 Å². The van der Waals surface area contributed by atoms with Crippen molar-refractivity contribution in [2.75, 3.05) is 6.54 Å². The molecule has 0 spiro atoms. The summed E-state index contributed by atoms with van der Waals surface area (Å²) in [6.07, 6.45) is 2.23. The first-order valence-corrected chi connectivity index (χ1v) is 6.44. The number of hydrogen-bond donors (Lipinski definition) is 1. The van der Waals surface area contributed by atoms with Crippen molar-refractivity contribution in [1.82, 2.24) is 5.32 Å². The average Bonchev–Trinajstić information content (AvgIpc) is 2.21. The molecule has 0 amide bonds. The summed E-state index contributed by atoms with van der Waals surface area (Å²) in [5, 5.41) is 4.41. The van der Waals surface area contributed by atoms with E-state index in [1.807, 2.05) is 18.2 Å². The summed E-state index contributed by atoms with van der Waals surface area (Å²) < 4.78 is 0. The summed E-state index contributed by atoms with van der Waals surface area (Å²) in [5.41, 5.74) is 1.23. The van der Waals surface area contributed by atoms with Crippen LogP contribution in [0.15, 0.2) is 24.3 Å².